The summed E-state index contributed by atoms with van der Waals surface area (Å²) >= 11 is 2.54. The summed E-state index contributed by atoms with van der Waals surface area (Å²) in [6.07, 6.45) is 3.32. The van der Waals surface area contributed by atoms with Gasteiger partial charge in [0.2, 0.25) is 5.91 Å². The first-order valence-corrected chi connectivity index (χ1v) is 18.3. The molecule has 5 rings (SSSR count). The summed E-state index contributed by atoms with van der Waals surface area (Å²) in [5, 5.41) is 8.25. The van der Waals surface area contributed by atoms with Crippen molar-refractivity contribution in [3.05, 3.63) is 106 Å². The van der Waals surface area contributed by atoms with Crippen LogP contribution in [0.1, 0.15) is 71.0 Å². The third-order valence-corrected chi connectivity index (χ3v) is 10.2. The number of nitrogens with zero attached hydrogens (tertiary/aromatic N) is 1. The van der Waals surface area contributed by atoms with Crippen LogP contribution in [0, 0.1) is 0 Å². The van der Waals surface area contributed by atoms with E-state index in [9.17, 15) is 24.0 Å². The highest BCUT2D eigenvalue weighted by Gasteiger charge is 2.33. The van der Waals surface area contributed by atoms with Crippen molar-refractivity contribution in [1.82, 2.24) is 10.2 Å². The van der Waals surface area contributed by atoms with Crippen LogP contribution in [-0.2, 0) is 32.0 Å². The molecule has 4 aromatic rings. The van der Waals surface area contributed by atoms with E-state index >= 15 is 0 Å². The van der Waals surface area contributed by atoms with Gasteiger partial charge in [0.25, 0.3) is 11.8 Å². The molecule has 1 aliphatic heterocycles. The molecule has 1 unspecified atom stereocenters. The van der Waals surface area contributed by atoms with Gasteiger partial charge in [-0.2, -0.15) is 0 Å². The zero-order valence-corrected chi connectivity index (χ0v) is 31.1. The lowest BCUT2D eigenvalue weighted by atomic mass is 10.0. The third kappa shape index (κ3) is 9.70. The summed E-state index contributed by atoms with van der Waals surface area (Å²) in [5.74, 6) is -1.54. The van der Waals surface area contributed by atoms with E-state index in [1.807, 2.05) is 13.0 Å². The number of furan rings is 1. The van der Waals surface area contributed by atoms with Gasteiger partial charge < -0.3 is 34.7 Å². The number of amides is 4. The minimum absolute atomic E-state index is 0.0260. The molecule has 2 aromatic carbocycles. The number of esters is 1. The lowest BCUT2D eigenvalue weighted by Gasteiger charge is -2.30. The topological polar surface area (TPSA) is 156 Å². The maximum Gasteiger partial charge on any atom is 0.410 e. The van der Waals surface area contributed by atoms with E-state index in [4.69, 9.17) is 13.9 Å². The third-order valence-electron chi connectivity index (χ3n) is 7.73. The van der Waals surface area contributed by atoms with Crippen LogP contribution in [0.3, 0.4) is 0 Å². The molecule has 0 radical (unpaired) electrons. The number of hydrogen-bond acceptors (Lipinski definition) is 10. The highest BCUT2D eigenvalue weighted by atomic mass is 32.2. The minimum Gasteiger partial charge on any atom is -0.465 e. The Balaban J connectivity index is 1.29. The van der Waals surface area contributed by atoms with Crippen molar-refractivity contribution < 1.29 is 37.9 Å². The largest absolute Gasteiger partial charge is 0.465 e. The Bertz CT molecular complexity index is 1970. The molecule has 1 atom stereocenters. The molecule has 4 amide bonds. The number of hydrogen-bond donors (Lipinski definition) is 3. The molecule has 0 saturated carbocycles. The molecule has 272 valence electrons. The number of anilines is 2. The zero-order chi connectivity index (χ0) is 37.4. The Labute approximate surface area is 309 Å². The van der Waals surface area contributed by atoms with Crippen molar-refractivity contribution in [3.8, 4) is 0 Å². The van der Waals surface area contributed by atoms with Gasteiger partial charge in [-0.3, -0.25) is 14.4 Å². The molecule has 12 nitrogen and oxygen atoms in total. The fourth-order valence-electron chi connectivity index (χ4n) is 5.27. The molecule has 0 bridgehead atoms. The molecule has 3 N–H and O–H groups in total. The van der Waals surface area contributed by atoms with Gasteiger partial charge in [-0.1, -0.05) is 31.2 Å². The van der Waals surface area contributed by atoms with Crippen molar-refractivity contribution in [2.45, 2.75) is 62.8 Å². The normalized spacial score (nSPS) is 13.4. The van der Waals surface area contributed by atoms with E-state index in [2.05, 4.69) is 16.0 Å². The van der Waals surface area contributed by atoms with Crippen LogP contribution in [0.15, 0.2) is 88.0 Å². The van der Waals surface area contributed by atoms with E-state index < -0.39 is 34.7 Å². The van der Waals surface area contributed by atoms with Gasteiger partial charge in [0.15, 0.2) is 0 Å². The Morgan fingerprint density at radius 2 is 1.79 bits per heavy atom. The number of carbonyl (C=O) groups is 5. The zero-order valence-electron chi connectivity index (χ0n) is 29.4. The monoisotopic (exact) mass is 744 g/mol. The van der Waals surface area contributed by atoms with Gasteiger partial charge in [-0.15, -0.1) is 23.1 Å². The second-order valence-corrected chi connectivity index (χ2v) is 15.1. The van der Waals surface area contributed by atoms with Crippen LogP contribution in [0.25, 0.3) is 6.08 Å². The predicted molar refractivity (Wildman–Crippen MR) is 200 cm³/mol. The molecule has 0 fully saturated rings. The second kappa shape index (κ2) is 16.8. The quantitative estimate of drug-likeness (QED) is 0.0813. The van der Waals surface area contributed by atoms with Gasteiger partial charge in [0, 0.05) is 33.6 Å². The predicted octanol–water partition coefficient (Wildman–Crippen LogP) is 7.34. The van der Waals surface area contributed by atoms with Crippen molar-refractivity contribution in [2.75, 3.05) is 24.3 Å². The fraction of sp³-hybridized carbons (Fsp3) is 0.289. The molecule has 3 heterocycles. The first kappa shape index (κ1) is 37.9. The van der Waals surface area contributed by atoms with E-state index in [-0.39, 0.29) is 18.1 Å². The van der Waals surface area contributed by atoms with E-state index in [0.717, 1.165) is 10.4 Å². The highest BCUT2D eigenvalue weighted by molar-refractivity contribution is 8.00. The minimum atomic E-state index is -0.651. The van der Waals surface area contributed by atoms with Crippen LogP contribution in [-0.4, -0.2) is 59.2 Å². The maximum absolute atomic E-state index is 13.7. The summed E-state index contributed by atoms with van der Waals surface area (Å²) in [6, 6.07) is 18.9. The fourth-order valence-corrected chi connectivity index (χ4v) is 7.54. The maximum atomic E-state index is 13.7. The number of fused-ring (bicyclic) bond motifs is 1. The number of thioether (sulfide) groups is 1. The first-order chi connectivity index (χ1) is 24.8. The number of benzene rings is 2. The second-order valence-electron chi connectivity index (χ2n) is 12.7. The lowest BCUT2D eigenvalue weighted by Crippen LogP contribution is -2.39. The molecular weight excluding hydrogens is 705 g/mol. The van der Waals surface area contributed by atoms with Crippen LogP contribution < -0.4 is 16.0 Å². The molecule has 14 heteroatoms. The molecule has 0 aliphatic carbocycles. The van der Waals surface area contributed by atoms with E-state index in [1.54, 1.807) is 86.3 Å². The Morgan fingerprint density at radius 1 is 1.02 bits per heavy atom. The Hall–Kier alpha value is -5.34. The highest BCUT2D eigenvalue weighted by Crippen LogP contribution is 2.39. The van der Waals surface area contributed by atoms with Gasteiger partial charge in [-0.05, 0) is 81.6 Å². The van der Waals surface area contributed by atoms with Crippen LogP contribution in [0.5, 0.6) is 0 Å². The first-order valence-electron chi connectivity index (χ1n) is 16.6. The number of thiophene rings is 1. The SMILES string of the molecule is CCC(Sc1cccc(NC(=O)/C(=C/c2ccco2)NC(=O)c2ccccc2)c1)C(=O)Nc1sc2c(c1C(=O)OC)CCN(C(=O)OC(C)(C)C)C2. The molecule has 2 aromatic heterocycles. The van der Waals surface area contributed by atoms with Gasteiger partial charge in [0.05, 0.1) is 30.7 Å². The average Bonchev–Trinajstić information content (AvgIpc) is 3.76. The van der Waals surface area contributed by atoms with Gasteiger partial charge >= 0.3 is 12.1 Å². The standard InChI is InChI=1S/C38H40N4O8S2/c1-6-29(34(45)41-35-31(36(46)48-5)27-17-18-42(22-30(27)52-35)37(47)50-38(2,3)4)51-26-16-10-14-24(20-26)39-33(44)28(21-25-15-11-19-49-25)40-32(43)23-12-8-7-9-13-23/h7-16,19-21,29H,6,17-18,22H2,1-5H3,(H,39,44)(H,40,43)(H,41,45)/b28-21-. The van der Waals surface area contributed by atoms with Crippen molar-refractivity contribution in [3.63, 3.8) is 0 Å². The average molecular weight is 745 g/mol. The smallest absolute Gasteiger partial charge is 0.410 e. The molecule has 52 heavy (non-hydrogen) atoms. The van der Waals surface area contributed by atoms with E-state index in [0.29, 0.717) is 51.9 Å². The number of methoxy groups -OCH3 is 1. The van der Waals surface area contributed by atoms with Gasteiger partial charge in [0.1, 0.15) is 22.1 Å². The number of rotatable bonds is 11. The summed E-state index contributed by atoms with van der Waals surface area (Å²) in [6.45, 7) is 7.88. The molecule has 1 aliphatic rings. The number of nitrogens with one attached hydrogen (secondary N) is 3. The van der Waals surface area contributed by atoms with Crippen LogP contribution >= 0.6 is 23.1 Å². The van der Waals surface area contributed by atoms with Gasteiger partial charge in [-0.25, -0.2) is 9.59 Å². The number of ether oxygens (including phenoxy) is 2. The molecule has 0 spiro atoms. The summed E-state index contributed by atoms with van der Waals surface area (Å²) in [7, 11) is 1.29. The Kier molecular flexibility index (Phi) is 12.2. The lowest BCUT2D eigenvalue weighted by molar-refractivity contribution is -0.116. The number of carbonyl (C=O) groups excluding carboxylic acids is 5. The summed E-state index contributed by atoms with van der Waals surface area (Å²) < 4.78 is 16.0. The van der Waals surface area contributed by atoms with Crippen LogP contribution in [0.4, 0.5) is 15.5 Å². The van der Waals surface area contributed by atoms with E-state index in [1.165, 1.54) is 42.5 Å². The van der Waals surface area contributed by atoms with Crippen molar-refractivity contribution in [1.29, 1.82) is 0 Å². The van der Waals surface area contributed by atoms with Crippen molar-refractivity contribution >= 4 is 69.6 Å². The Morgan fingerprint density at radius 3 is 2.46 bits per heavy atom. The molecule has 0 saturated heterocycles. The summed E-state index contributed by atoms with van der Waals surface area (Å²) in [5.41, 5.74) is 1.19. The molecular formula is C38H40N4O8S2. The summed E-state index contributed by atoms with van der Waals surface area (Å²) in [4.78, 5) is 68.8. The van der Waals surface area contributed by atoms with Crippen molar-refractivity contribution in [2.24, 2.45) is 0 Å². The van der Waals surface area contributed by atoms with Crippen LogP contribution in [0.2, 0.25) is 0 Å².